The van der Waals surface area contributed by atoms with Crippen molar-refractivity contribution in [3.05, 3.63) is 46.9 Å². The highest BCUT2D eigenvalue weighted by Gasteiger charge is 2.20. The summed E-state index contributed by atoms with van der Waals surface area (Å²) in [4.78, 5) is 12.0. The molecule has 2 heterocycles. The van der Waals surface area contributed by atoms with E-state index in [1.807, 2.05) is 13.0 Å². The minimum absolute atomic E-state index is 0.261. The lowest BCUT2D eigenvalue weighted by molar-refractivity contribution is 0.0912. The SMILES string of the molecule is C[C@H](NC(=O)c1ccco1)c1cc2c(cc1Cl)OCCCO2. The van der Waals surface area contributed by atoms with Crippen molar-refractivity contribution >= 4 is 17.5 Å². The van der Waals surface area contributed by atoms with Crippen LogP contribution in [0.1, 0.15) is 35.5 Å². The van der Waals surface area contributed by atoms with E-state index in [0.717, 1.165) is 12.0 Å². The Morgan fingerprint density at radius 1 is 1.27 bits per heavy atom. The van der Waals surface area contributed by atoms with Crippen LogP contribution in [0.5, 0.6) is 11.5 Å². The summed E-state index contributed by atoms with van der Waals surface area (Å²) in [6, 6.07) is 6.53. The molecule has 22 heavy (non-hydrogen) atoms. The molecule has 0 aliphatic carbocycles. The normalized spacial score (nSPS) is 15.0. The molecule has 3 rings (SSSR count). The zero-order chi connectivity index (χ0) is 15.5. The minimum Gasteiger partial charge on any atom is -0.490 e. The van der Waals surface area contributed by atoms with E-state index in [1.165, 1.54) is 6.26 Å². The number of carbonyl (C=O) groups excluding carboxylic acids is 1. The van der Waals surface area contributed by atoms with Gasteiger partial charge in [0.05, 0.1) is 25.5 Å². The van der Waals surface area contributed by atoms with Crippen LogP contribution in [0.3, 0.4) is 0 Å². The van der Waals surface area contributed by atoms with Gasteiger partial charge in [-0.3, -0.25) is 4.79 Å². The number of hydrogen-bond donors (Lipinski definition) is 1. The van der Waals surface area contributed by atoms with Gasteiger partial charge < -0.3 is 19.2 Å². The third-order valence-electron chi connectivity index (χ3n) is 3.43. The van der Waals surface area contributed by atoms with Crippen LogP contribution < -0.4 is 14.8 Å². The maximum Gasteiger partial charge on any atom is 0.287 e. The standard InChI is InChI=1S/C16H16ClNO4/c1-10(18-16(19)13-4-2-5-20-13)11-8-14-15(9-12(11)17)22-7-3-6-21-14/h2,4-5,8-10H,3,6-7H2,1H3,(H,18,19)/t10-/m0/s1. The van der Waals surface area contributed by atoms with Gasteiger partial charge in [0.2, 0.25) is 0 Å². The van der Waals surface area contributed by atoms with Crippen LogP contribution in [-0.2, 0) is 0 Å². The lowest BCUT2D eigenvalue weighted by atomic mass is 10.1. The highest BCUT2D eigenvalue weighted by atomic mass is 35.5. The minimum atomic E-state index is -0.291. The molecule has 1 aromatic carbocycles. The molecule has 0 saturated heterocycles. The van der Waals surface area contributed by atoms with E-state index in [9.17, 15) is 4.79 Å². The van der Waals surface area contributed by atoms with E-state index in [0.29, 0.717) is 29.7 Å². The first-order valence-corrected chi connectivity index (χ1v) is 7.46. The quantitative estimate of drug-likeness (QED) is 0.938. The highest BCUT2D eigenvalue weighted by Crippen LogP contribution is 2.37. The summed E-state index contributed by atoms with van der Waals surface area (Å²) in [7, 11) is 0. The summed E-state index contributed by atoms with van der Waals surface area (Å²) >= 11 is 6.31. The largest absolute Gasteiger partial charge is 0.490 e. The number of rotatable bonds is 3. The molecule has 0 unspecified atom stereocenters. The van der Waals surface area contributed by atoms with E-state index in [-0.39, 0.29) is 17.7 Å². The fraction of sp³-hybridized carbons (Fsp3) is 0.312. The summed E-state index contributed by atoms with van der Waals surface area (Å²) in [6.07, 6.45) is 2.28. The molecule has 1 aliphatic rings. The molecule has 1 amide bonds. The lowest BCUT2D eigenvalue weighted by Crippen LogP contribution is -2.26. The van der Waals surface area contributed by atoms with Crippen LogP contribution in [0.25, 0.3) is 0 Å². The number of fused-ring (bicyclic) bond motifs is 1. The zero-order valence-corrected chi connectivity index (χ0v) is 12.9. The average Bonchev–Trinajstić information content (AvgIpc) is 2.94. The first-order chi connectivity index (χ1) is 10.6. The van der Waals surface area contributed by atoms with Crippen molar-refractivity contribution in [3.63, 3.8) is 0 Å². The first-order valence-electron chi connectivity index (χ1n) is 7.08. The van der Waals surface area contributed by atoms with Crippen LogP contribution in [0.4, 0.5) is 0 Å². The summed E-state index contributed by atoms with van der Waals surface area (Å²) in [5, 5.41) is 3.37. The number of ether oxygens (including phenoxy) is 2. The molecule has 2 aromatic rings. The fourth-order valence-electron chi connectivity index (χ4n) is 2.28. The zero-order valence-electron chi connectivity index (χ0n) is 12.1. The molecule has 0 saturated carbocycles. The Labute approximate surface area is 133 Å². The number of furan rings is 1. The molecule has 0 spiro atoms. The molecule has 1 atom stereocenters. The second-order valence-corrected chi connectivity index (χ2v) is 5.45. The van der Waals surface area contributed by atoms with Crippen LogP contribution >= 0.6 is 11.6 Å². The Balaban J connectivity index is 1.81. The Bertz CT molecular complexity index is 669. The number of nitrogens with one attached hydrogen (secondary N) is 1. The molecular weight excluding hydrogens is 306 g/mol. The van der Waals surface area contributed by atoms with Crippen LogP contribution in [0.15, 0.2) is 34.9 Å². The molecule has 1 aromatic heterocycles. The van der Waals surface area contributed by atoms with Gasteiger partial charge in [-0.25, -0.2) is 0 Å². The third kappa shape index (κ3) is 3.04. The van der Waals surface area contributed by atoms with Crippen LogP contribution in [0, 0.1) is 0 Å². The van der Waals surface area contributed by atoms with Gasteiger partial charge in [-0.1, -0.05) is 11.6 Å². The predicted molar refractivity (Wildman–Crippen MR) is 81.6 cm³/mol. The van der Waals surface area contributed by atoms with E-state index >= 15 is 0 Å². The summed E-state index contributed by atoms with van der Waals surface area (Å²) in [5.41, 5.74) is 0.769. The molecule has 0 fully saturated rings. The van der Waals surface area contributed by atoms with Gasteiger partial charge in [0.25, 0.3) is 5.91 Å². The van der Waals surface area contributed by atoms with Gasteiger partial charge in [0, 0.05) is 17.5 Å². The third-order valence-corrected chi connectivity index (χ3v) is 3.75. The number of benzene rings is 1. The molecule has 0 radical (unpaired) electrons. The maximum absolute atomic E-state index is 12.0. The second kappa shape index (κ2) is 6.32. The first kappa shape index (κ1) is 14.8. The monoisotopic (exact) mass is 321 g/mol. The number of halogens is 1. The number of amides is 1. The summed E-state index contributed by atoms with van der Waals surface area (Å²) < 4.78 is 16.3. The Kier molecular flexibility index (Phi) is 4.24. The van der Waals surface area contributed by atoms with Crippen LogP contribution in [-0.4, -0.2) is 19.1 Å². The van der Waals surface area contributed by atoms with Crippen molar-refractivity contribution < 1.29 is 18.7 Å². The molecule has 6 heteroatoms. The second-order valence-electron chi connectivity index (χ2n) is 5.04. The van der Waals surface area contributed by atoms with E-state index in [2.05, 4.69) is 5.32 Å². The van der Waals surface area contributed by atoms with Crippen molar-refractivity contribution in [2.75, 3.05) is 13.2 Å². The van der Waals surface area contributed by atoms with Gasteiger partial charge in [-0.05, 0) is 30.7 Å². The molecule has 1 aliphatic heterocycles. The molecule has 5 nitrogen and oxygen atoms in total. The lowest BCUT2D eigenvalue weighted by Gasteiger charge is -2.17. The fourth-order valence-corrected chi connectivity index (χ4v) is 2.60. The molecule has 1 N–H and O–H groups in total. The highest BCUT2D eigenvalue weighted by molar-refractivity contribution is 6.31. The van der Waals surface area contributed by atoms with E-state index in [1.54, 1.807) is 18.2 Å². The Morgan fingerprint density at radius 2 is 2.00 bits per heavy atom. The topological polar surface area (TPSA) is 60.7 Å². The number of hydrogen-bond acceptors (Lipinski definition) is 4. The van der Waals surface area contributed by atoms with Gasteiger partial charge in [-0.2, -0.15) is 0 Å². The molecule has 0 bridgehead atoms. The smallest absolute Gasteiger partial charge is 0.287 e. The van der Waals surface area contributed by atoms with E-state index < -0.39 is 0 Å². The summed E-state index contributed by atoms with van der Waals surface area (Å²) in [6.45, 7) is 3.06. The van der Waals surface area contributed by atoms with Crippen molar-refractivity contribution in [1.29, 1.82) is 0 Å². The van der Waals surface area contributed by atoms with Crippen LogP contribution in [0.2, 0.25) is 5.02 Å². The Hall–Kier alpha value is -2.14. The molecule has 116 valence electrons. The molecular formula is C16H16ClNO4. The van der Waals surface area contributed by atoms with Gasteiger partial charge in [-0.15, -0.1) is 0 Å². The predicted octanol–water partition coefficient (Wildman–Crippen LogP) is 3.59. The van der Waals surface area contributed by atoms with Crippen molar-refractivity contribution in [1.82, 2.24) is 5.32 Å². The van der Waals surface area contributed by atoms with Crippen molar-refractivity contribution in [2.45, 2.75) is 19.4 Å². The van der Waals surface area contributed by atoms with Gasteiger partial charge in [0.15, 0.2) is 17.3 Å². The van der Waals surface area contributed by atoms with Gasteiger partial charge in [0.1, 0.15) is 0 Å². The average molecular weight is 322 g/mol. The maximum atomic E-state index is 12.0. The van der Waals surface area contributed by atoms with Gasteiger partial charge >= 0.3 is 0 Å². The van der Waals surface area contributed by atoms with E-state index in [4.69, 9.17) is 25.5 Å². The van der Waals surface area contributed by atoms with Crippen molar-refractivity contribution in [2.24, 2.45) is 0 Å². The number of carbonyl (C=O) groups is 1. The van der Waals surface area contributed by atoms with Crippen molar-refractivity contribution in [3.8, 4) is 11.5 Å². The summed E-state index contributed by atoms with van der Waals surface area (Å²) in [5.74, 6) is 1.25. The Morgan fingerprint density at radius 3 is 2.68 bits per heavy atom.